The summed E-state index contributed by atoms with van der Waals surface area (Å²) in [7, 11) is 0. The molecule has 2 bridgehead atoms. The molecule has 2 heterocycles. The molecule has 3 heteroatoms. The molecule has 0 aromatic heterocycles. The van der Waals surface area contributed by atoms with Gasteiger partial charge in [0, 0.05) is 48.4 Å². The van der Waals surface area contributed by atoms with Crippen LogP contribution in [0, 0.1) is 10.8 Å². The second-order valence-corrected chi connectivity index (χ2v) is 10.3. The highest BCUT2D eigenvalue weighted by Crippen LogP contribution is 2.53. The molecule has 0 radical (unpaired) electrons. The molecule has 30 heavy (non-hydrogen) atoms. The van der Waals surface area contributed by atoms with Crippen molar-refractivity contribution in [2.24, 2.45) is 10.8 Å². The fraction of sp³-hybridized carbons (Fsp3) is 0.481. The molecule has 2 aromatic rings. The molecular formula is C27H33ClN2. The lowest BCUT2D eigenvalue weighted by Gasteiger charge is -2.50. The maximum absolute atomic E-state index is 2.80. The van der Waals surface area contributed by atoms with Crippen molar-refractivity contribution in [3.8, 4) is 0 Å². The van der Waals surface area contributed by atoms with E-state index in [0.29, 0.717) is 22.8 Å². The lowest BCUT2D eigenvalue weighted by Crippen LogP contribution is -2.50. The monoisotopic (exact) mass is 420 g/mol. The standard InChI is InChI=1S/C27H32N2.ClH/c1-26-12-15-27(16-13-26,17-14-26)20-28-18-11-25-23(19-28)22-9-5-6-10-24(22)29(25)21-7-3-2-4-8-21;/h2-10,12,15,23,25H,11,13-14,16-20H2,1H3;1H/t23-,25+,26?,27?;/m0./s1. The number of anilines is 2. The van der Waals surface area contributed by atoms with Gasteiger partial charge in [-0.25, -0.2) is 0 Å². The molecule has 2 aromatic carbocycles. The molecule has 0 N–H and O–H groups in total. The summed E-state index contributed by atoms with van der Waals surface area (Å²) in [4.78, 5) is 5.42. The van der Waals surface area contributed by atoms with Crippen LogP contribution < -0.4 is 4.90 Å². The van der Waals surface area contributed by atoms with E-state index in [1.54, 1.807) is 5.56 Å². The first-order valence-corrected chi connectivity index (χ1v) is 11.5. The van der Waals surface area contributed by atoms with Crippen molar-refractivity contribution in [3.63, 3.8) is 0 Å². The van der Waals surface area contributed by atoms with E-state index in [4.69, 9.17) is 0 Å². The zero-order valence-electron chi connectivity index (χ0n) is 18.0. The Morgan fingerprint density at radius 2 is 1.63 bits per heavy atom. The van der Waals surface area contributed by atoms with Gasteiger partial charge < -0.3 is 9.80 Å². The van der Waals surface area contributed by atoms with Gasteiger partial charge in [0.1, 0.15) is 0 Å². The van der Waals surface area contributed by atoms with Crippen LogP contribution in [-0.2, 0) is 0 Å². The SMILES string of the molecule is CC12C=CC(CN3CC[C@@H]4[C@@H](C3)c3ccccc3N4c3ccccc3)(CC1)CC2.Cl. The van der Waals surface area contributed by atoms with Gasteiger partial charge in [0.25, 0.3) is 0 Å². The molecule has 158 valence electrons. The smallest absolute Gasteiger partial charge is 0.0450 e. The molecule has 0 spiro atoms. The van der Waals surface area contributed by atoms with Crippen LogP contribution in [0.2, 0.25) is 0 Å². The second kappa shape index (κ2) is 7.43. The first kappa shape index (κ1) is 20.2. The normalized spacial score (nSPS) is 34.4. The van der Waals surface area contributed by atoms with Crippen molar-refractivity contribution in [3.05, 3.63) is 72.3 Å². The van der Waals surface area contributed by atoms with Gasteiger partial charge >= 0.3 is 0 Å². The number of piperidine rings is 1. The van der Waals surface area contributed by atoms with E-state index in [1.165, 1.54) is 63.1 Å². The molecule has 2 atom stereocenters. The average molecular weight is 421 g/mol. The first-order valence-electron chi connectivity index (χ1n) is 11.5. The van der Waals surface area contributed by atoms with Crippen LogP contribution in [0.15, 0.2) is 66.7 Å². The number of para-hydroxylation sites is 2. The van der Waals surface area contributed by atoms with E-state index >= 15 is 0 Å². The molecule has 0 unspecified atom stereocenters. The Labute approximate surface area is 187 Å². The predicted octanol–water partition coefficient (Wildman–Crippen LogP) is 6.55. The van der Waals surface area contributed by atoms with Gasteiger partial charge in [-0.15, -0.1) is 12.4 Å². The number of benzene rings is 2. The van der Waals surface area contributed by atoms with Gasteiger partial charge in [0.15, 0.2) is 0 Å². The summed E-state index contributed by atoms with van der Waals surface area (Å²) in [6.45, 7) is 6.14. The largest absolute Gasteiger partial charge is 0.337 e. The number of rotatable bonds is 3. The molecule has 5 aliphatic rings. The number of hydrogen-bond donors (Lipinski definition) is 0. The van der Waals surface area contributed by atoms with Gasteiger partial charge in [-0.05, 0) is 61.3 Å². The lowest BCUT2D eigenvalue weighted by molar-refractivity contribution is 0.0723. The summed E-state index contributed by atoms with van der Waals surface area (Å²) in [6.07, 6.45) is 11.9. The summed E-state index contributed by atoms with van der Waals surface area (Å²) >= 11 is 0. The zero-order valence-corrected chi connectivity index (χ0v) is 18.8. The van der Waals surface area contributed by atoms with Crippen LogP contribution in [0.1, 0.15) is 50.5 Å². The third kappa shape index (κ3) is 3.20. The summed E-state index contributed by atoms with van der Waals surface area (Å²) in [6, 6.07) is 20.8. The minimum atomic E-state index is 0. The molecule has 7 rings (SSSR count). The Kier molecular flexibility index (Phi) is 4.99. The highest BCUT2D eigenvalue weighted by molar-refractivity contribution is 5.85. The number of allylic oxidation sites excluding steroid dienone is 1. The first-order chi connectivity index (χ1) is 14.1. The highest BCUT2D eigenvalue weighted by atomic mass is 35.5. The van der Waals surface area contributed by atoms with E-state index in [1.807, 2.05) is 0 Å². The van der Waals surface area contributed by atoms with Crippen LogP contribution in [0.4, 0.5) is 11.4 Å². The van der Waals surface area contributed by atoms with E-state index in [0.717, 1.165) is 0 Å². The van der Waals surface area contributed by atoms with Crippen molar-refractivity contribution in [2.75, 3.05) is 24.5 Å². The summed E-state index contributed by atoms with van der Waals surface area (Å²) < 4.78 is 0. The van der Waals surface area contributed by atoms with E-state index < -0.39 is 0 Å². The molecular weight excluding hydrogens is 388 g/mol. The van der Waals surface area contributed by atoms with Crippen LogP contribution in [0.3, 0.4) is 0 Å². The van der Waals surface area contributed by atoms with Gasteiger partial charge in [-0.1, -0.05) is 55.5 Å². The number of halogens is 1. The van der Waals surface area contributed by atoms with Gasteiger partial charge in [-0.3, -0.25) is 0 Å². The second-order valence-electron chi connectivity index (χ2n) is 10.3. The van der Waals surface area contributed by atoms with Gasteiger partial charge in [0.05, 0.1) is 0 Å². The summed E-state index contributed by atoms with van der Waals surface area (Å²) in [5.74, 6) is 0.623. The third-order valence-corrected chi connectivity index (χ3v) is 8.39. The topological polar surface area (TPSA) is 6.48 Å². The Morgan fingerprint density at radius 3 is 2.37 bits per heavy atom. The quantitative estimate of drug-likeness (QED) is 0.519. The number of fused-ring (bicyclic) bond motifs is 5. The van der Waals surface area contributed by atoms with Crippen LogP contribution >= 0.6 is 12.4 Å². The maximum Gasteiger partial charge on any atom is 0.0450 e. The van der Waals surface area contributed by atoms with E-state index in [2.05, 4.69) is 83.5 Å². The Balaban J connectivity index is 0.00000193. The van der Waals surface area contributed by atoms with Crippen molar-refractivity contribution < 1.29 is 0 Å². The minimum absolute atomic E-state index is 0. The van der Waals surface area contributed by atoms with Crippen LogP contribution in [-0.4, -0.2) is 30.6 Å². The summed E-state index contributed by atoms with van der Waals surface area (Å²) in [5, 5.41) is 0. The van der Waals surface area contributed by atoms with E-state index in [-0.39, 0.29) is 12.4 Å². The molecule has 2 fully saturated rings. The van der Waals surface area contributed by atoms with Crippen LogP contribution in [0.5, 0.6) is 0 Å². The third-order valence-electron chi connectivity index (χ3n) is 8.39. The molecule has 1 saturated heterocycles. The molecule has 3 aliphatic carbocycles. The average Bonchev–Trinajstić information content (AvgIpc) is 3.09. The van der Waals surface area contributed by atoms with Gasteiger partial charge in [-0.2, -0.15) is 0 Å². The molecule has 2 nitrogen and oxygen atoms in total. The molecule has 1 saturated carbocycles. The van der Waals surface area contributed by atoms with Crippen molar-refractivity contribution in [1.82, 2.24) is 4.90 Å². The Morgan fingerprint density at radius 1 is 0.900 bits per heavy atom. The predicted molar refractivity (Wildman–Crippen MR) is 128 cm³/mol. The van der Waals surface area contributed by atoms with E-state index in [9.17, 15) is 0 Å². The fourth-order valence-corrected chi connectivity index (χ4v) is 6.57. The lowest BCUT2D eigenvalue weighted by atomic mass is 9.59. The summed E-state index contributed by atoms with van der Waals surface area (Å²) in [5.41, 5.74) is 5.27. The number of hydrogen-bond acceptors (Lipinski definition) is 2. The maximum atomic E-state index is 2.80. The van der Waals surface area contributed by atoms with Crippen molar-refractivity contribution >= 4 is 23.8 Å². The highest BCUT2D eigenvalue weighted by Gasteiger charge is 2.46. The number of nitrogens with zero attached hydrogens (tertiary/aromatic N) is 2. The zero-order chi connectivity index (χ0) is 19.5. The van der Waals surface area contributed by atoms with Crippen molar-refractivity contribution in [1.29, 1.82) is 0 Å². The molecule has 0 amide bonds. The van der Waals surface area contributed by atoms with Crippen LogP contribution in [0.25, 0.3) is 0 Å². The van der Waals surface area contributed by atoms with Gasteiger partial charge in [0.2, 0.25) is 0 Å². The Bertz CT molecular complexity index is 929. The Hall–Kier alpha value is -1.77. The fourth-order valence-electron chi connectivity index (χ4n) is 6.57. The number of likely N-dealkylation sites (tertiary alicyclic amines) is 1. The molecule has 2 aliphatic heterocycles. The van der Waals surface area contributed by atoms with Crippen molar-refractivity contribution in [2.45, 2.75) is 51.0 Å². The minimum Gasteiger partial charge on any atom is -0.337 e.